The SMILES string of the molecule is CON(C)C(=O)Cc1cc(-c2ccccc2)cc(-c2cn(S(=O)(=O)c3ccc(C)cc3)c3ccccc23)c1. The quantitative estimate of drug-likeness (QED) is 0.242. The summed E-state index contributed by atoms with van der Waals surface area (Å²) in [6.45, 7) is 1.92. The molecule has 0 aliphatic rings. The lowest BCUT2D eigenvalue weighted by molar-refractivity contribution is -0.167. The zero-order valence-corrected chi connectivity index (χ0v) is 22.3. The molecule has 0 radical (unpaired) electrons. The minimum Gasteiger partial charge on any atom is -0.275 e. The third-order valence-corrected chi connectivity index (χ3v) is 8.34. The van der Waals surface area contributed by atoms with Gasteiger partial charge in [0.1, 0.15) is 0 Å². The average Bonchev–Trinajstić information content (AvgIpc) is 3.34. The summed E-state index contributed by atoms with van der Waals surface area (Å²) in [5.41, 5.74) is 5.90. The number of carbonyl (C=O) groups is 1. The molecule has 6 nitrogen and oxygen atoms in total. The van der Waals surface area contributed by atoms with Crippen molar-refractivity contribution in [2.75, 3.05) is 14.2 Å². The molecular weight excluding hydrogens is 496 g/mol. The fourth-order valence-electron chi connectivity index (χ4n) is 4.54. The van der Waals surface area contributed by atoms with Crippen LogP contribution in [0.4, 0.5) is 0 Å². The van der Waals surface area contributed by atoms with Crippen molar-refractivity contribution in [2.45, 2.75) is 18.2 Å². The van der Waals surface area contributed by atoms with Gasteiger partial charge in [-0.25, -0.2) is 17.5 Å². The van der Waals surface area contributed by atoms with E-state index >= 15 is 0 Å². The molecule has 7 heteroatoms. The van der Waals surface area contributed by atoms with Crippen molar-refractivity contribution in [1.82, 2.24) is 9.04 Å². The predicted octanol–water partition coefficient (Wildman–Crippen LogP) is 6.08. The number of aryl methyl sites for hydroxylation is 1. The smallest absolute Gasteiger partial charge is 0.268 e. The zero-order valence-electron chi connectivity index (χ0n) is 21.5. The molecule has 1 amide bonds. The molecule has 4 aromatic carbocycles. The lowest BCUT2D eigenvalue weighted by Gasteiger charge is -2.15. The number of aromatic nitrogens is 1. The molecule has 5 aromatic rings. The van der Waals surface area contributed by atoms with E-state index in [4.69, 9.17) is 4.84 Å². The first-order chi connectivity index (χ1) is 18.3. The molecular formula is C31H28N2O4S. The van der Waals surface area contributed by atoms with Gasteiger partial charge in [-0.05, 0) is 53.4 Å². The van der Waals surface area contributed by atoms with Crippen LogP contribution in [0, 0.1) is 6.92 Å². The first kappa shape index (κ1) is 25.4. The van der Waals surface area contributed by atoms with Gasteiger partial charge in [0.15, 0.2) is 0 Å². The van der Waals surface area contributed by atoms with Gasteiger partial charge in [-0.1, -0.05) is 78.4 Å². The van der Waals surface area contributed by atoms with Gasteiger partial charge < -0.3 is 0 Å². The second kappa shape index (κ2) is 10.3. The van der Waals surface area contributed by atoms with Crippen molar-refractivity contribution in [1.29, 1.82) is 0 Å². The molecule has 5 rings (SSSR count). The summed E-state index contributed by atoms with van der Waals surface area (Å²) in [5, 5.41) is 2.01. The summed E-state index contributed by atoms with van der Waals surface area (Å²) >= 11 is 0. The van der Waals surface area contributed by atoms with Crippen LogP contribution in [0.3, 0.4) is 0 Å². The Morgan fingerprint density at radius 2 is 1.50 bits per heavy atom. The Balaban J connectivity index is 1.70. The molecule has 0 aliphatic heterocycles. The van der Waals surface area contributed by atoms with E-state index in [0.717, 1.165) is 38.8 Å². The van der Waals surface area contributed by atoms with E-state index in [9.17, 15) is 13.2 Å². The molecule has 0 saturated heterocycles. The van der Waals surface area contributed by atoms with E-state index in [0.29, 0.717) is 5.52 Å². The number of hydrogen-bond acceptors (Lipinski definition) is 4. The van der Waals surface area contributed by atoms with Gasteiger partial charge in [0.25, 0.3) is 10.0 Å². The number of carbonyl (C=O) groups excluding carboxylic acids is 1. The molecule has 0 spiro atoms. The number of nitrogens with zero attached hydrogens (tertiary/aromatic N) is 2. The largest absolute Gasteiger partial charge is 0.275 e. The summed E-state index contributed by atoms with van der Waals surface area (Å²) in [7, 11) is -0.808. The second-order valence-electron chi connectivity index (χ2n) is 9.21. The van der Waals surface area contributed by atoms with Crippen LogP contribution in [-0.4, -0.2) is 37.5 Å². The summed E-state index contributed by atoms with van der Waals surface area (Å²) in [6.07, 6.45) is 1.81. The first-order valence-corrected chi connectivity index (χ1v) is 13.6. The van der Waals surface area contributed by atoms with Gasteiger partial charge in [0.2, 0.25) is 5.91 Å². The molecule has 0 saturated carbocycles. The van der Waals surface area contributed by atoms with Crippen molar-refractivity contribution >= 4 is 26.8 Å². The van der Waals surface area contributed by atoms with Crippen LogP contribution >= 0.6 is 0 Å². The van der Waals surface area contributed by atoms with E-state index < -0.39 is 10.0 Å². The standard InChI is InChI=1S/C31H28N2O4S/c1-22-13-15-27(16-14-22)38(35,36)33-21-29(28-11-7-8-12-30(28)33)26-18-23(19-31(34)32(2)37-3)17-25(20-26)24-9-5-4-6-10-24/h4-18,20-21H,19H2,1-3H3. The van der Waals surface area contributed by atoms with Crippen molar-refractivity contribution in [3.05, 3.63) is 114 Å². The maximum atomic E-state index is 13.7. The van der Waals surface area contributed by atoms with Crippen LogP contribution < -0.4 is 0 Å². The highest BCUT2D eigenvalue weighted by molar-refractivity contribution is 7.90. The molecule has 38 heavy (non-hydrogen) atoms. The number of fused-ring (bicyclic) bond motifs is 1. The number of para-hydroxylation sites is 1. The third-order valence-electron chi connectivity index (χ3n) is 6.65. The Hall–Kier alpha value is -4.20. The summed E-state index contributed by atoms with van der Waals surface area (Å²) in [6, 6.07) is 30.2. The molecule has 0 bridgehead atoms. The first-order valence-electron chi connectivity index (χ1n) is 12.2. The zero-order chi connectivity index (χ0) is 26.9. The summed E-state index contributed by atoms with van der Waals surface area (Å²) in [4.78, 5) is 18.0. The highest BCUT2D eigenvalue weighted by Crippen LogP contribution is 2.36. The van der Waals surface area contributed by atoms with E-state index in [2.05, 4.69) is 0 Å². The predicted molar refractivity (Wildman–Crippen MR) is 150 cm³/mol. The molecule has 192 valence electrons. The van der Waals surface area contributed by atoms with Crippen LogP contribution in [0.25, 0.3) is 33.2 Å². The van der Waals surface area contributed by atoms with Gasteiger partial charge in [-0.3, -0.25) is 9.63 Å². The Labute approximate surface area is 222 Å². The van der Waals surface area contributed by atoms with Crippen molar-refractivity contribution in [3.63, 3.8) is 0 Å². The van der Waals surface area contributed by atoms with E-state index in [1.165, 1.54) is 16.1 Å². The lowest BCUT2D eigenvalue weighted by Crippen LogP contribution is -2.26. The van der Waals surface area contributed by atoms with Crippen LogP contribution in [-0.2, 0) is 26.1 Å². The van der Waals surface area contributed by atoms with E-state index in [1.54, 1.807) is 37.5 Å². The van der Waals surface area contributed by atoms with E-state index in [1.807, 2.05) is 79.7 Å². The van der Waals surface area contributed by atoms with Gasteiger partial charge in [-0.15, -0.1) is 0 Å². The minimum atomic E-state index is -3.84. The highest BCUT2D eigenvalue weighted by Gasteiger charge is 2.22. The Bertz CT molecular complexity index is 1720. The molecule has 1 heterocycles. The minimum absolute atomic E-state index is 0.137. The topological polar surface area (TPSA) is 68.6 Å². The molecule has 0 atom stereocenters. The van der Waals surface area contributed by atoms with Gasteiger partial charge in [-0.2, -0.15) is 0 Å². The molecule has 0 unspecified atom stereocenters. The Kier molecular flexibility index (Phi) is 6.89. The number of hydrogen-bond donors (Lipinski definition) is 0. The highest BCUT2D eigenvalue weighted by atomic mass is 32.2. The van der Waals surface area contributed by atoms with Crippen LogP contribution in [0.2, 0.25) is 0 Å². The third kappa shape index (κ3) is 4.86. The number of hydroxylamine groups is 2. The maximum absolute atomic E-state index is 13.7. The molecule has 1 aromatic heterocycles. The van der Waals surface area contributed by atoms with Gasteiger partial charge in [0, 0.05) is 24.2 Å². The monoisotopic (exact) mass is 524 g/mol. The van der Waals surface area contributed by atoms with Crippen molar-refractivity contribution < 1.29 is 18.0 Å². The van der Waals surface area contributed by atoms with Crippen molar-refractivity contribution in [2.24, 2.45) is 0 Å². The molecule has 0 aliphatic carbocycles. The van der Waals surface area contributed by atoms with Crippen molar-refractivity contribution in [3.8, 4) is 22.3 Å². The average molecular weight is 525 g/mol. The summed E-state index contributed by atoms with van der Waals surface area (Å²) in [5.74, 6) is -0.187. The maximum Gasteiger partial charge on any atom is 0.268 e. The number of amides is 1. The number of likely N-dealkylation sites (N-methyl/N-ethyl adjacent to an activating group) is 1. The van der Waals surface area contributed by atoms with Crippen LogP contribution in [0.5, 0.6) is 0 Å². The van der Waals surface area contributed by atoms with Gasteiger partial charge >= 0.3 is 0 Å². The van der Waals surface area contributed by atoms with Crippen LogP contribution in [0.15, 0.2) is 108 Å². The van der Waals surface area contributed by atoms with E-state index in [-0.39, 0.29) is 17.2 Å². The normalized spacial score (nSPS) is 11.6. The fourth-order valence-corrected chi connectivity index (χ4v) is 5.91. The Morgan fingerprint density at radius 3 is 2.21 bits per heavy atom. The Morgan fingerprint density at radius 1 is 0.842 bits per heavy atom. The molecule has 0 N–H and O–H groups in total. The van der Waals surface area contributed by atoms with Crippen LogP contribution in [0.1, 0.15) is 11.1 Å². The molecule has 0 fully saturated rings. The van der Waals surface area contributed by atoms with Gasteiger partial charge in [0.05, 0.1) is 23.9 Å². The fraction of sp³-hybridized carbons (Fsp3) is 0.129. The summed E-state index contributed by atoms with van der Waals surface area (Å²) < 4.78 is 28.8. The number of benzene rings is 4. The lowest BCUT2D eigenvalue weighted by atomic mass is 9.94. The number of rotatable bonds is 7. The second-order valence-corrected chi connectivity index (χ2v) is 11.0.